The summed E-state index contributed by atoms with van der Waals surface area (Å²) in [7, 11) is 0. The summed E-state index contributed by atoms with van der Waals surface area (Å²) in [5, 5.41) is 0. The number of anilines is 1. The number of rotatable bonds is 3. The third-order valence-electron chi connectivity index (χ3n) is 2.60. The highest BCUT2D eigenvalue weighted by atomic mass is 16.7. The monoisotopic (exact) mass is 242 g/mol. The molecule has 0 aliphatic carbocycles. The average Bonchev–Trinajstić information content (AvgIpc) is 2.39. The van der Waals surface area contributed by atoms with E-state index in [1.165, 1.54) is 0 Å². The molecule has 0 aliphatic rings. The van der Waals surface area contributed by atoms with E-state index in [0.717, 1.165) is 16.8 Å². The van der Waals surface area contributed by atoms with Crippen LogP contribution >= 0.6 is 0 Å². The molecule has 0 atom stereocenters. The topological polar surface area (TPSA) is 51.2 Å². The van der Waals surface area contributed by atoms with Crippen LogP contribution in [0.15, 0.2) is 42.6 Å². The van der Waals surface area contributed by atoms with E-state index in [1.807, 2.05) is 32.0 Å². The van der Waals surface area contributed by atoms with Crippen molar-refractivity contribution in [1.29, 1.82) is 0 Å². The number of carbonyl (C=O) groups is 1. The molecular formula is C14H14N2O2. The minimum atomic E-state index is -0.502. The van der Waals surface area contributed by atoms with Crippen LogP contribution in [-0.4, -0.2) is 11.0 Å². The highest BCUT2D eigenvalue weighted by molar-refractivity contribution is 5.87. The maximum absolute atomic E-state index is 11.7. The van der Waals surface area contributed by atoms with Crippen molar-refractivity contribution in [1.82, 2.24) is 4.98 Å². The molecule has 4 heteroatoms. The van der Waals surface area contributed by atoms with Crippen molar-refractivity contribution in [3.63, 3.8) is 0 Å². The first-order chi connectivity index (χ1) is 8.68. The fourth-order valence-corrected chi connectivity index (χ4v) is 1.61. The Hall–Kier alpha value is -2.36. The van der Waals surface area contributed by atoms with Crippen LogP contribution < -0.4 is 5.48 Å². The molecular weight excluding hydrogens is 228 g/mol. The van der Waals surface area contributed by atoms with Crippen molar-refractivity contribution in [3.8, 4) is 0 Å². The fraction of sp³-hybridized carbons (Fsp3) is 0.143. The van der Waals surface area contributed by atoms with E-state index in [-0.39, 0.29) is 5.69 Å². The second-order valence-corrected chi connectivity index (χ2v) is 3.97. The zero-order chi connectivity index (χ0) is 13.0. The van der Waals surface area contributed by atoms with Gasteiger partial charge in [-0.15, -0.1) is 0 Å². The molecule has 0 unspecified atom stereocenters. The Kier molecular flexibility index (Phi) is 3.57. The number of carbonyl (C=O) groups excluding carboxylic acids is 1. The van der Waals surface area contributed by atoms with E-state index < -0.39 is 5.97 Å². The predicted octanol–water partition coefficient (Wildman–Crippen LogP) is 2.88. The Morgan fingerprint density at radius 2 is 1.83 bits per heavy atom. The number of nitrogens with one attached hydrogen (secondary N) is 1. The molecule has 0 saturated heterocycles. The van der Waals surface area contributed by atoms with Crippen molar-refractivity contribution < 1.29 is 9.63 Å². The van der Waals surface area contributed by atoms with Gasteiger partial charge in [-0.25, -0.2) is 15.3 Å². The lowest BCUT2D eigenvalue weighted by molar-refractivity contribution is 0.0589. The summed E-state index contributed by atoms with van der Waals surface area (Å²) in [4.78, 5) is 20.6. The van der Waals surface area contributed by atoms with Gasteiger partial charge in [-0.2, -0.15) is 0 Å². The van der Waals surface area contributed by atoms with Gasteiger partial charge in [0.1, 0.15) is 0 Å². The van der Waals surface area contributed by atoms with Gasteiger partial charge in [-0.05, 0) is 37.1 Å². The van der Waals surface area contributed by atoms with E-state index in [9.17, 15) is 4.79 Å². The lowest BCUT2D eigenvalue weighted by Gasteiger charge is -2.11. The van der Waals surface area contributed by atoms with E-state index in [0.29, 0.717) is 0 Å². The number of aryl methyl sites for hydroxylation is 2. The molecule has 0 spiro atoms. The van der Waals surface area contributed by atoms with Crippen LogP contribution in [0.1, 0.15) is 21.6 Å². The average molecular weight is 242 g/mol. The minimum absolute atomic E-state index is 0.274. The molecule has 0 bridgehead atoms. The van der Waals surface area contributed by atoms with Crippen LogP contribution in [0.2, 0.25) is 0 Å². The zero-order valence-corrected chi connectivity index (χ0v) is 10.3. The standard InChI is InChI=1S/C14H14N2O2/c1-10-6-5-7-11(2)13(10)16-18-14(17)12-8-3-4-9-15-12/h3-9,16H,1-2H3. The van der Waals surface area contributed by atoms with Gasteiger partial charge < -0.3 is 4.84 Å². The van der Waals surface area contributed by atoms with E-state index in [2.05, 4.69) is 10.5 Å². The molecule has 0 radical (unpaired) electrons. The summed E-state index contributed by atoms with van der Waals surface area (Å²) in [6.07, 6.45) is 1.55. The van der Waals surface area contributed by atoms with Crippen molar-refractivity contribution in [2.75, 3.05) is 5.48 Å². The Labute approximate surface area is 106 Å². The molecule has 0 amide bonds. The molecule has 92 valence electrons. The van der Waals surface area contributed by atoms with Gasteiger partial charge in [0.2, 0.25) is 0 Å². The van der Waals surface area contributed by atoms with Gasteiger partial charge in [0.05, 0.1) is 5.69 Å². The maximum atomic E-state index is 11.7. The highest BCUT2D eigenvalue weighted by Crippen LogP contribution is 2.19. The van der Waals surface area contributed by atoms with E-state index in [1.54, 1.807) is 24.4 Å². The Balaban J connectivity index is 2.07. The van der Waals surface area contributed by atoms with Gasteiger partial charge in [0.25, 0.3) is 0 Å². The Bertz CT molecular complexity index is 533. The molecule has 18 heavy (non-hydrogen) atoms. The first-order valence-electron chi connectivity index (χ1n) is 5.63. The van der Waals surface area contributed by atoms with E-state index >= 15 is 0 Å². The number of aromatic nitrogens is 1. The number of hydrogen-bond donors (Lipinski definition) is 1. The predicted molar refractivity (Wildman–Crippen MR) is 69.2 cm³/mol. The fourth-order valence-electron chi connectivity index (χ4n) is 1.61. The first kappa shape index (κ1) is 12.1. The Morgan fingerprint density at radius 1 is 1.11 bits per heavy atom. The second-order valence-electron chi connectivity index (χ2n) is 3.97. The first-order valence-corrected chi connectivity index (χ1v) is 5.63. The maximum Gasteiger partial charge on any atom is 0.381 e. The van der Waals surface area contributed by atoms with Crippen molar-refractivity contribution in [2.45, 2.75) is 13.8 Å². The molecule has 0 aliphatic heterocycles. The summed E-state index contributed by atoms with van der Waals surface area (Å²) in [6.45, 7) is 3.90. The molecule has 4 nitrogen and oxygen atoms in total. The van der Waals surface area contributed by atoms with Crippen LogP contribution in [-0.2, 0) is 4.84 Å². The lowest BCUT2D eigenvalue weighted by Crippen LogP contribution is -2.13. The normalized spacial score (nSPS) is 9.89. The molecule has 1 N–H and O–H groups in total. The third kappa shape index (κ3) is 2.66. The minimum Gasteiger partial charge on any atom is -0.336 e. The number of hydrogen-bond acceptors (Lipinski definition) is 4. The van der Waals surface area contributed by atoms with E-state index in [4.69, 9.17) is 4.84 Å². The van der Waals surface area contributed by atoms with Gasteiger partial charge in [-0.3, -0.25) is 0 Å². The van der Waals surface area contributed by atoms with Gasteiger partial charge in [0.15, 0.2) is 5.69 Å². The number of nitrogens with zero attached hydrogens (tertiary/aromatic N) is 1. The summed E-state index contributed by atoms with van der Waals surface area (Å²) < 4.78 is 0. The van der Waals surface area contributed by atoms with Gasteiger partial charge in [0, 0.05) is 6.20 Å². The van der Waals surface area contributed by atoms with Crippen LogP contribution in [0.5, 0.6) is 0 Å². The molecule has 1 aromatic heterocycles. The summed E-state index contributed by atoms with van der Waals surface area (Å²) in [5.41, 5.74) is 5.81. The lowest BCUT2D eigenvalue weighted by atomic mass is 10.1. The van der Waals surface area contributed by atoms with Crippen LogP contribution in [0, 0.1) is 13.8 Å². The molecule has 0 saturated carbocycles. The largest absolute Gasteiger partial charge is 0.381 e. The number of para-hydroxylation sites is 1. The number of benzene rings is 1. The Morgan fingerprint density at radius 3 is 2.44 bits per heavy atom. The molecule has 1 aromatic carbocycles. The van der Waals surface area contributed by atoms with Crippen molar-refractivity contribution in [2.24, 2.45) is 0 Å². The molecule has 2 rings (SSSR count). The summed E-state index contributed by atoms with van der Waals surface area (Å²) >= 11 is 0. The quantitative estimate of drug-likeness (QED) is 0.841. The van der Waals surface area contributed by atoms with Crippen LogP contribution in [0.25, 0.3) is 0 Å². The van der Waals surface area contributed by atoms with Crippen LogP contribution in [0.4, 0.5) is 5.69 Å². The SMILES string of the molecule is Cc1cccc(C)c1NOC(=O)c1ccccn1. The van der Waals surface area contributed by atoms with Crippen LogP contribution in [0.3, 0.4) is 0 Å². The summed E-state index contributed by atoms with van der Waals surface area (Å²) in [6, 6.07) is 10.9. The molecule has 1 heterocycles. The summed E-state index contributed by atoms with van der Waals surface area (Å²) in [5.74, 6) is -0.502. The second kappa shape index (κ2) is 5.31. The van der Waals surface area contributed by atoms with Gasteiger partial charge in [-0.1, -0.05) is 24.3 Å². The third-order valence-corrected chi connectivity index (χ3v) is 2.60. The molecule has 2 aromatic rings. The smallest absolute Gasteiger partial charge is 0.336 e. The molecule has 0 fully saturated rings. The highest BCUT2D eigenvalue weighted by Gasteiger charge is 2.09. The number of pyridine rings is 1. The van der Waals surface area contributed by atoms with Gasteiger partial charge >= 0.3 is 5.97 Å². The zero-order valence-electron chi connectivity index (χ0n) is 10.3. The van der Waals surface area contributed by atoms with Crippen molar-refractivity contribution in [3.05, 3.63) is 59.4 Å². The van der Waals surface area contributed by atoms with Crippen molar-refractivity contribution >= 4 is 11.7 Å².